The van der Waals surface area contributed by atoms with Crippen molar-refractivity contribution in [1.82, 2.24) is 0 Å². The highest BCUT2D eigenvalue weighted by atomic mass is 19.1. The Morgan fingerprint density at radius 1 is 1.54 bits per heavy atom. The van der Waals surface area contributed by atoms with Gasteiger partial charge in [0.25, 0.3) is 0 Å². The van der Waals surface area contributed by atoms with Gasteiger partial charge in [-0.3, -0.25) is 0 Å². The number of methoxy groups -OCH3 is 1. The molecule has 0 bridgehead atoms. The van der Waals surface area contributed by atoms with E-state index in [-0.39, 0.29) is 11.9 Å². The molecule has 0 radical (unpaired) electrons. The van der Waals surface area contributed by atoms with Gasteiger partial charge in [-0.05, 0) is 30.2 Å². The van der Waals surface area contributed by atoms with Crippen LogP contribution in [0.1, 0.15) is 17.2 Å². The van der Waals surface area contributed by atoms with Gasteiger partial charge in [-0.2, -0.15) is 0 Å². The molecule has 2 N–H and O–H groups in total. The maximum Gasteiger partial charge on any atom is 0.123 e. The van der Waals surface area contributed by atoms with Gasteiger partial charge in [0.1, 0.15) is 5.82 Å². The van der Waals surface area contributed by atoms with Gasteiger partial charge >= 0.3 is 0 Å². The van der Waals surface area contributed by atoms with Crippen molar-refractivity contribution in [3.8, 4) is 0 Å². The van der Waals surface area contributed by atoms with Gasteiger partial charge in [0, 0.05) is 7.11 Å². The minimum absolute atomic E-state index is 0.249. The lowest BCUT2D eigenvalue weighted by Crippen LogP contribution is -2.17. The lowest BCUT2D eigenvalue weighted by molar-refractivity contribution is 0.180. The van der Waals surface area contributed by atoms with E-state index in [1.165, 1.54) is 12.1 Å². The van der Waals surface area contributed by atoms with Crippen LogP contribution in [0.2, 0.25) is 0 Å². The smallest absolute Gasteiger partial charge is 0.123 e. The third-order valence-electron chi connectivity index (χ3n) is 1.99. The third-order valence-corrected chi connectivity index (χ3v) is 1.99. The van der Waals surface area contributed by atoms with E-state index in [0.717, 1.165) is 11.1 Å². The fraction of sp³-hybridized carbons (Fsp3) is 0.400. The average molecular weight is 183 g/mol. The molecule has 1 aromatic rings. The van der Waals surface area contributed by atoms with E-state index in [1.807, 2.05) is 6.92 Å². The number of hydrogen-bond donors (Lipinski definition) is 1. The number of rotatable bonds is 3. The van der Waals surface area contributed by atoms with Crippen molar-refractivity contribution >= 4 is 0 Å². The minimum atomic E-state index is -0.257. The molecule has 0 amide bonds. The molecule has 0 aliphatic carbocycles. The van der Waals surface area contributed by atoms with E-state index in [9.17, 15) is 4.39 Å². The highest BCUT2D eigenvalue weighted by Crippen LogP contribution is 2.16. The molecule has 0 aliphatic rings. The molecule has 0 heterocycles. The maximum absolute atomic E-state index is 12.9. The van der Waals surface area contributed by atoms with Crippen molar-refractivity contribution in [3.05, 3.63) is 35.1 Å². The maximum atomic E-state index is 12.9. The summed E-state index contributed by atoms with van der Waals surface area (Å²) < 4.78 is 17.8. The van der Waals surface area contributed by atoms with E-state index in [4.69, 9.17) is 10.5 Å². The number of halogens is 1. The van der Waals surface area contributed by atoms with Gasteiger partial charge in [0.05, 0.1) is 12.6 Å². The molecule has 1 atom stereocenters. The Morgan fingerprint density at radius 3 is 2.85 bits per heavy atom. The monoisotopic (exact) mass is 183 g/mol. The number of hydrogen-bond acceptors (Lipinski definition) is 2. The number of aryl methyl sites for hydroxylation is 1. The minimum Gasteiger partial charge on any atom is -0.383 e. The Hall–Kier alpha value is -0.930. The first-order valence-corrected chi connectivity index (χ1v) is 4.15. The predicted molar refractivity (Wildman–Crippen MR) is 49.9 cm³/mol. The predicted octanol–water partition coefficient (Wildman–Crippen LogP) is 1.78. The van der Waals surface area contributed by atoms with Crippen LogP contribution in [0.25, 0.3) is 0 Å². The molecule has 1 aromatic carbocycles. The summed E-state index contributed by atoms with van der Waals surface area (Å²) in [5.74, 6) is -0.257. The summed E-state index contributed by atoms with van der Waals surface area (Å²) >= 11 is 0. The first kappa shape index (κ1) is 10.2. The largest absolute Gasteiger partial charge is 0.383 e. The second-order valence-corrected chi connectivity index (χ2v) is 3.06. The van der Waals surface area contributed by atoms with Crippen molar-refractivity contribution in [2.45, 2.75) is 13.0 Å². The summed E-state index contributed by atoms with van der Waals surface area (Å²) in [4.78, 5) is 0. The highest BCUT2D eigenvalue weighted by Gasteiger charge is 2.09. The fourth-order valence-corrected chi connectivity index (χ4v) is 1.28. The summed E-state index contributed by atoms with van der Waals surface area (Å²) in [7, 11) is 1.58. The topological polar surface area (TPSA) is 35.2 Å². The van der Waals surface area contributed by atoms with Gasteiger partial charge < -0.3 is 10.5 Å². The quantitative estimate of drug-likeness (QED) is 0.775. The summed E-state index contributed by atoms with van der Waals surface area (Å²) in [6.45, 7) is 2.31. The molecule has 0 aliphatic heterocycles. The Morgan fingerprint density at radius 2 is 2.23 bits per heavy atom. The first-order chi connectivity index (χ1) is 6.15. The van der Waals surface area contributed by atoms with Crippen LogP contribution < -0.4 is 5.73 Å². The zero-order valence-corrected chi connectivity index (χ0v) is 7.88. The normalized spacial score (nSPS) is 12.9. The molecular formula is C10H14FNO. The Labute approximate surface area is 77.5 Å². The molecule has 0 fully saturated rings. The van der Waals surface area contributed by atoms with E-state index in [2.05, 4.69) is 0 Å². The molecule has 1 rings (SSSR count). The zero-order valence-electron chi connectivity index (χ0n) is 7.88. The van der Waals surface area contributed by atoms with Crippen LogP contribution in [-0.4, -0.2) is 13.7 Å². The van der Waals surface area contributed by atoms with Crippen molar-refractivity contribution < 1.29 is 9.13 Å². The van der Waals surface area contributed by atoms with Crippen molar-refractivity contribution in [2.75, 3.05) is 13.7 Å². The molecule has 0 saturated heterocycles. The SMILES string of the molecule is COC[C@H](N)c1cc(F)ccc1C. The standard InChI is InChI=1S/C10H14FNO/c1-7-3-4-8(11)5-9(7)10(12)6-13-2/h3-5,10H,6,12H2,1-2H3/t10-/m0/s1. The molecule has 72 valence electrons. The van der Waals surface area contributed by atoms with Gasteiger partial charge in [-0.15, -0.1) is 0 Å². The Kier molecular flexibility index (Phi) is 3.39. The second kappa shape index (κ2) is 4.35. The lowest BCUT2D eigenvalue weighted by atomic mass is 10.0. The van der Waals surface area contributed by atoms with Crippen LogP contribution >= 0.6 is 0 Å². The van der Waals surface area contributed by atoms with Crippen LogP contribution in [0.4, 0.5) is 4.39 Å². The summed E-state index contributed by atoms with van der Waals surface area (Å²) in [5.41, 5.74) is 7.58. The molecule has 0 unspecified atom stereocenters. The molecule has 0 spiro atoms. The lowest BCUT2D eigenvalue weighted by Gasteiger charge is -2.13. The van der Waals surface area contributed by atoms with E-state index >= 15 is 0 Å². The van der Waals surface area contributed by atoms with Gasteiger partial charge in [0.2, 0.25) is 0 Å². The van der Waals surface area contributed by atoms with Gasteiger partial charge in [-0.1, -0.05) is 6.07 Å². The molecular weight excluding hydrogens is 169 g/mol. The van der Waals surface area contributed by atoms with E-state index in [0.29, 0.717) is 6.61 Å². The third kappa shape index (κ3) is 2.50. The van der Waals surface area contributed by atoms with Crippen LogP contribution in [-0.2, 0) is 4.74 Å². The van der Waals surface area contributed by atoms with Gasteiger partial charge in [0.15, 0.2) is 0 Å². The number of ether oxygens (including phenoxy) is 1. The molecule has 3 heteroatoms. The van der Waals surface area contributed by atoms with E-state index < -0.39 is 0 Å². The highest BCUT2D eigenvalue weighted by molar-refractivity contribution is 5.29. The summed E-state index contributed by atoms with van der Waals surface area (Å²) in [5, 5.41) is 0. The molecule has 0 aromatic heterocycles. The van der Waals surface area contributed by atoms with Crippen molar-refractivity contribution in [2.24, 2.45) is 5.73 Å². The van der Waals surface area contributed by atoms with E-state index in [1.54, 1.807) is 13.2 Å². The van der Waals surface area contributed by atoms with Crippen molar-refractivity contribution in [1.29, 1.82) is 0 Å². The molecule has 0 saturated carbocycles. The van der Waals surface area contributed by atoms with Crippen LogP contribution in [0.3, 0.4) is 0 Å². The number of nitrogens with two attached hydrogens (primary N) is 1. The van der Waals surface area contributed by atoms with Crippen LogP contribution in [0.15, 0.2) is 18.2 Å². The molecule has 2 nitrogen and oxygen atoms in total. The van der Waals surface area contributed by atoms with Crippen LogP contribution in [0, 0.1) is 12.7 Å². The summed E-state index contributed by atoms with van der Waals surface area (Å²) in [6, 6.07) is 4.36. The van der Waals surface area contributed by atoms with Crippen LogP contribution in [0.5, 0.6) is 0 Å². The first-order valence-electron chi connectivity index (χ1n) is 4.15. The zero-order chi connectivity index (χ0) is 9.84. The Bertz CT molecular complexity index is 288. The number of benzene rings is 1. The summed E-state index contributed by atoms with van der Waals surface area (Å²) in [6.07, 6.45) is 0. The second-order valence-electron chi connectivity index (χ2n) is 3.06. The van der Waals surface area contributed by atoms with Crippen molar-refractivity contribution in [3.63, 3.8) is 0 Å². The average Bonchev–Trinajstić information content (AvgIpc) is 2.09. The molecule has 13 heavy (non-hydrogen) atoms. The fourth-order valence-electron chi connectivity index (χ4n) is 1.28. The van der Waals surface area contributed by atoms with Gasteiger partial charge in [-0.25, -0.2) is 4.39 Å². The Balaban J connectivity index is 2.91.